The smallest absolute Gasteiger partial charge is 0.214 e. The molecule has 0 saturated carbocycles. The fourth-order valence-electron chi connectivity index (χ4n) is 3.94. The number of benzene rings is 3. The molecule has 0 fully saturated rings. The van der Waals surface area contributed by atoms with Crippen LogP contribution in [-0.2, 0) is 11.2 Å². The summed E-state index contributed by atoms with van der Waals surface area (Å²) in [5.41, 5.74) is 1.99. The summed E-state index contributed by atoms with van der Waals surface area (Å²) in [6, 6.07) is 7.88. The van der Waals surface area contributed by atoms with Crippen LogP contribution in [-0.4, -0.2) is 41.4 Å². The van der Waals surface area contributed by atoms with Gasteiger partial charge in [-0.25, -0.2) is 0 Å². The van der Waals surface area contributed by atoms with Crippen molar-refractivity contribution in [2.45, 2.75) is 6.42 Å². The van der Waals surface area contributed by atoms with Crippen molar-refractivity contribution in [1.82, 2.24) is 0 Å². The normalized spacial score (nSPS) is 13.0. The monoisotopic (exact) mass is 367 g/mol. The van der Waals surface area contributed by atoms with E-state index in [1.54, 1.807) is 33.3 Å². The fourth-order valence-corrected chi connectivity index (χ4v) is 3.94. The van der Waals surface area contributed by atoms with E-state index in [1.165, 1.54) is 0 Å². The number of fused-ring (bicyclic) bond motifs is 2. The second kappa shape index (κ2) is 6.54. The highest BCUT2D eigenvalue weighted by atomic mass is 16.5. The van der Waals surface area contributed by atoms with Crippen molar-refractivity contribution in [1.29, 1.82) is 0 Å². The molecule has 0 aliphatic carbocycles. The van der Waals surface area contributed by atoms with E-state index in [2.05, 4.69) is 0 Å². The van der Waals surface area contributed by atoms with Crippen molar-refractivity contribution < 1.29 is 23.7 Å². The minimum atomic E-state index is 0.625. The summed E-state index contributed by atoms with van der Waals surface area (Å²) in [6.45, 7) is 0.625. The average Bonchev–Trinajstić information content (AvgIpc) is 2.72. The standard InChI is InChI=1S/C21H21NO5/c1-24-16-9-13-7-15-19-12(5-6-22(15)11-23)8-18(26-3)21(27-4)20(19)14(13)10-17(16)25-2/h7-11H,5-6H2,1-4H3. The van der Waals surface area contributed by atoms with Crippen LogP contribution in [0.2, 0.25) is 0 Å². The van der Waals surface area contributed by atoms with Gasteiger partial charge in [0.25, 0.3) is 0 Å². The maximum atomic E-state index is 11.7. The van der Waals surface area contributed by atoms with Crippen LogP contribution in [0.5, 0.6) is 23.0 Å². The predicted octanol–water partition coefficient (Wildman–Crippen LogP) is 3.55. The SMILES string of the molecule is COc1cc2cc3c4c(cc(OC)c(OC)c4c2cc1OC)CCN3C=O. The van der Waals surface area contributed by atoms with Gasteiger partial charge in [0.05, 0.1) is 34.1 Å². The summed E-state index contributed by atoms with van der Waals surface area (Å²) < 4.78 is 22.3. The first kappa shape index (κ1) is 17.3. The highest BCUT2D eigenvalue weighted by Crippen LogP contribution is 2.49. The van der Waals surface area contributed by atoms with Crippen LogP contribution in [0.4, 0.5) is 5.69 Å². The summed E-state index contributed by atoms with van der Waals surface area (Å²) >= 11 is 0. The molecule has 0 bridgehead atoms. The van der Waals surface area contributed by atoms with E-state index in [0.29, 0.717) is 29.5 Å². The molecule has 0 radical (unpaired) electrons. The van der Waals surface area contributed by atoms with Crippen LogP contribution < -0.4 is 23.8 Å². The van der Waals surface area contributed by atoms with Crippen LogP contribution >= 0.6 is 0 Å². The molecule has 140 valence electrons. The van der Waals surface area contributed by atoms with E-state index < -0.39 is 0 Å². The number of ether oxygens (including phenoxy) is 4. The molecule has 1 aliphatic rings. The zero-order chi connectivity index (χ0) is 19.1. The molecule has 6 heteroatoms. The number of amides is 1. The minimum Gasteiger partial charge on any atom is -0.493 e. The summed E-state index contributed by atoms with van der Waals surface area (Å²) in [6.07, 6.45) is 1.63. The third-order valence-corrected chi connectivity index (χ3v) is 5.18. The number of nitrogens with zero attached hydrogens (tertiary/aromatic N) is 1. The van der Waals surface area contributed by atoms with Crippen LogP contribution in [0.25, 0.3) is 21.5 Å². The van der Waals surface area contributed by atoms with Crippen molar-refractivity contribution >= 4 is 33.6 Å². The molecule has 0 spiro atoms. The third kappa shape index (κ3) is 2.44. The molecule has 3 aromatic rings. The Hall–Kier alpha value is -3.15. The molecule has 0 unspecified atom stereocenters. The Bertz CT molecular complexity index is 1060. The highest BCUT2D eigenvalue weighted by molar-refractivity contribution is 6.19. The molecule has 3 aromatic carbocycles. The Labute approximate surface area is 157 Å². The average molecular weight is 367 g/mol. The molecule has 6 nitrogen and oxygen atoms in total. The lowest BCUT2D eigenvalue weighted by Crippen LogP contribution is -2.27. The highest BCUT2D eigenvalue weighted by Gasteiger charge is 2.26. The lowest BCUT2D eigenvalue weighted by atomic mass is 9.91. The molecule has 0 aromatic heterocycles. The quantitative estimate of drug-likeness (QED) is 0.510. The molecule has 27 heavy (non-hydrogen) atoms. The van der Waals surface area contributed by atoms with Crippen LogP contribution in [0.15, 0.2) is 24.3 Å². The number of carbonyl (C=O) groups excluding carboxylic acids is 1. The first-order chi connectivity index (χ1) is 13.2. The van der Waals surface area contributed by atoms with Gasteiger partial charge in [0.15, 0.2) is 23.0 Å². The second-order valence-electron chi connectivity index (χ2n) is 6.39. The number of hydrogen-bond donors (Lipinski definition) is 0. The number of methoxy groups -OCH3 is 4. The van der Waals surface area contributed by atoms with Gasteiger partial charge in [-0.2, -0.15) is 0 Å². The van der Waals surface area contributed by atoms with E-state index in [-0.39, 0.29) is 0 Å². The maximum Gasteiger partial charge on any atom is 0.214 e. The fraction of sp³-hybridized carbons (Fsp3) is 0.286. The molecule has 1 aliphatic heterocycles. The number of rotatable bonds is 5. The van der Waals surface area contributed by atoms with E-state index in [1.807, 2.05) is 24.3 Å². The van der Waals surface area contributed by atoms with Gasteiger partial charge in [-0.15, -0.1) is 0 Å². The summed E-state index contributed by atoms with van der Waals surface area (Å²) in [5.74, 6) is 2.58. The zero-order valence-corrected chi connectivity index (χ0v) is 15.8. The molecule has 0 saturated heterocycles. The molecule has 1 amide bonds. The summed E-state index contributed by atoms with van der Waals surface area (Å²) in [7, 11) is 6.47. The van der Waals surface area contributed by atoms with Gasteiger partial charge < -0.3 is 23.8 Å². The molecule has 1 heterocycles. The van der Waals surface area contributed by atoms with E-state index in [4.69, 9.17) is 18.9 Å². The van der Waals surface area contributed by atoms with Crippen LogP contribution in [0, 0.1) is 0 Å². The Morgan fingerprint density at radius 2 is 1.56 bits per heavy atom. The van der Waals surface area contributed by atoms with Gasteiger partial charge in [0.1, 0.15) is 0 Å². The Morgan fingerprint density at radius 1 is 0.852 bits per heavy atom. The second-order valence-corrected chi connectivity index (χ2v) is 6.39. The summed E-state index contributed by atoms with van der Waals surface area (Å²) in [5, 5.41) is 3.80. The van der Waals surface area contributed by atoms with E-state index in [9.17, 15) is 4.79 Å². The van der Waals surface area contributed by atoms with Crippen molar-refractivity contribution in [3.05, 3.63) is 29.8 Å². The maximum absolute atomic E-state index is 11.7. The van der Waals surface area contributed by atoms with Gasteiger partial charge >= 0.3 is 0 Å². The molecular weight excluding hydrogens is 346 g/mol. The largest absolute Gasteiger partial charge is 0.493 e. The van der Waals surface area contributed by atoms with Crippen molar-refractivity contribution in [3.8, 4) is 23.0 Å². The minimum absolute atomic E-state index is 0.625. The first-order valence-electron chi connectivity index (χ1n) is 8.65. The molecule has 0 atom stereocenters. The van der Waals surface area contributed by atoms with Gasteiger partial charge in [0.2, 0.25) is 6.41 Å². The Morgan fingerprint density at radius 3 is 2.19 bits per heavy atom. The lowest BCUT2D eigenvalue weighted by molar-refractivity contribution is -0.107. The van der Waals surface area contributed by atoms with Crippen molar-refractivity contribution in [2.24, 2.45) is 0 Å². The first-order valence-corrected chi connectivity index (χ1v) is 8.65. The summed E-state index contributed by atoms with van der Waals surface area (Å²) in [4.78, 5) is 13.4. The number of hydrogen-bond acceptors (Lipinski definition) is 5. The Kier molecular flexibility index (Phi) is 4.18. The number of anilines is 1. The lowest BCUT2D eigenvalue weighted by Gasteiger charge is -2.29. The van der Waals surface area contributed by atoms with Gasteiger partial charge in [-0.3, -0.25) is 4.79 Å². The predicted molar refractivity (Wildman–Crippen MR) is 105 cm³/mol. The van der Waals surface area contributed by atoms with Gasteiger partial charge in [0, 0.05) is 17.3 Å². The third-order valence-electron chi connectivity index (χ3n) is 5.18. The van der Waals surface area contributed by atoms with Gasteiger partial charge in [-0.1, -0.05) is 0 Å². The van der Waals surface area contributed by atoms with E-state index >= 15 is 0 Å². The zero-order valence-electron chi connectivity index (χ0n) is 15.8. The van der Waals surface area contributed by atoms with Crippen molar-refractivity contribution in [2.75, 3.05) is 39.9 Å². The van der Waals surface area contributed by atoms with Crippen molar-refractivity contribution in [3.63, 3.8) is 0 Å². The number of carbonyl (C=O) groups is 1. The van der Waals surface area contributed by atoms with Crippen LogP contribution in [0.3, 0.4) is 0 Å². The van der Waals surface area contributed by atoms with Crippen LogP contribution in [0.1, 0.15) is 5.56 Å². The van der Waals surface area contributed by atoms with E-state index in [0.717, 1.165) is 45.6 Å². The van der Waals surface area contributed by atoms with Gasteiger partial charge in [-0.05, 0) is 47.0 Å². The Balaban J connectivity index is 2.25. The molecular formula is C21H21NO5. The molecule has 4 rings (SSSR count). The topological polar surface area (TPSA) is 57.2 Å². The molecule has 0 N–H and O–H groups in total.